The molecule has 0 amide bonds. The Labute approximate surface area is 113 Å². The van der Waals surface area contributed by atoms with E-state index in [0.717, 1.165) is 12.8 Å². The van der Waals surface area contributed by atoms with Gasteiger partial charge in [0.15, 0.2) is 0 Å². The summed E-state index contributed by atoms with van der Waals surface area (Å²) in [4.78, 5) is 0. The number of morpholine rings is 1. The number of hydrogen-bond acceptors (Lipinski definition) is 5. The molecule has 0 aromatic rings. The Kier molecular flexibility index (Phi) is 3.80. The number of nitrogens with one attached hydrogen (secondary N) is 1. The first-order chi connectivity index (χ1) is 9.09. The van der Waals surface area contributed by atoms with Gasteiger partial charge in [0.05, 0.1) is 25.4 Å². The highest BCUT2D eigenvalue weighted by atomic mass is 32.2. The van der Waals surface area contributed by atoms with Crippen LogP contribution in [0.1, 0.15) is 12.8 Å². The molecule has 3 rings (SSSR count). The molecule has 0 aromatic heterocycles. The van der Waals surface area contributed by atoms with Gasteiger partial charge < -0.3 is 15.2 Å². The summed E-state index contributed by atoms with van der Waals surface area (Å²) in [5.74, 6) is 0.297. The van der Waals surface area contributed by atoms with E-state index in [2.05, 4.69) is 4.72 Å². The van der Waals surface area contributed by atoms with E-state index in [4.69, 9.17) is 15.2 Å². The summed E-state index contributed by atoms with van der Waals surface area (Å²) in [5.41, 5.74) is 6.06. The van der Waals surface area contributed by atoms with Gasteiger partial charge in [-0.05, 0) is 12.8 Å². The molecular formula is C11H21N3O4S. The van der Waals surface area contributed by atoms with Crippen LogP contribution >= 0.6 is 0 Å². The van der Waals surface area contributed by atoms with E-state index < -0.39 is 10.2 Å². The van der Waals surface area contributed by atoms with Gasteiger partial charge in [-0.3, -0.25) is 0 Å². The predicted octanol–water partition coefficient (Wildman–Crippen LogP) is -1.34. The van der Waals surface area contributed by atoms with Gasteiger partial charge in [0.25, 0.3) is 10.2 Å². The van der Waals surface area contributed by atoms with Crippen molar-refractivity contribution < 1.29 is 17.9 Å². The zero-order valence-electron chi connectivity index (χ0n) is 10.8. The number of nitrogens with two attached hydrogens (primary N) is 1. The number of rotatable bonds is 3. The molecule has 110 valence electrons. The van der Waals surface area contributed by atoms with Crippen molar-refractivity contribution in [1.29, 1.82) is 0 Å². The number of nitrogens with zero attached hydrogens (tertiary/aromatic N) is 1. The third kappa shape index (κ3) is 2.53. The second kappa shape index (κ2) is 5.27. The van der Waals surface area contributed by atoms with Gasteiger partial charge in [-0.1, -0.05) is 0 Å². The Morgan fingerprint density at radius 1 is 1.21 bits per heavy atom. The maximum Gasteiger partial charge on any atom is 0.280 e. The van der Waals surface area contributed by atoms with E-state index in [1.54, 1.807) is 0 Å². The highest BCUT2D eigenvalue weighted by molar-refractivity contribution is 7.87. The highest BCUT2D eigenvalue weighted by Gasteiger charge is 2.52. The summed E-state index contributed by atoms with van der Waals surface area (Å²) in [6.07, 6.45) is 1.99. The largest absolute Gasteiger partial charge is 0.379 e. The second-order valence-electron chi connectivity index (χ2n) is 5.38. The van der Waals surface area contributed by atoms with Gasteiger partial charge in [0, 0.05) is 31.7 Å². The van der Waals surface area contributed by atoms with E-state index in [0.29, 0.717) is 38.8 Å². The van der Waals surface area contributed by atoms with Crippen LogP contribution < -0.4 is 10.5 Å². The molecule has 1 saturated carbocycles. The van der Waals surface area contributed by atoms with Crippen LogP contribution in [0.3, 0.4) is 0 Å². The molecule has 2 heterocycles. The fourth-order valence-corrected chi connectivity index (χ4v) is 4.54. The van der Waals surface area contributed by atoms with Crippen LogP contribution in [-0.4, -0.2) is 63.8 Å². The second-order valence-corrected chi connectivity index (χ2v) is 7.08. The fourth-order valence-electron chi connectivity index (χ4n) is 3.13. The van der Waals surface area contributed by atoms with Crippen molar-refractivity contribution in [3.05, 3.63) is 0 Å². The molecule has 2 saturated heterocycles. The Bertz CT molecular complexity index is 424. The molecule has 3 fully saturated rings. The molecule has 7 nitrogen and oxygen atoms in total. The normalized spacial score (nSPS) is 40.5. The number of hydrogen-bond donors (Lipinski definition) is 2. The third-order valence-electron chi connectivity index (χ3n) is 4.27. The van der Waals surface area contributed by atoms with E-state index in [9.17, 15) is 8.42 Å². The minimum Gasteiger partial charge on any atom is -0.379 e. The van der Waals surface area contributed by atoms with Gasteiger partial charge in [0.2, 0.25) is 0 Å². The van der Waals surface area contributed by atoms with Crippen LogP contribution in [0.25, 0.3) is 0 Å². The first kappa shape index (κ1) is 13.7. The molecule has 0 bridgehead atoms. The maximum atomic E-state index is 12.3. The molecule has 2 aliphatic heterocycles. The van der Waals surface area contributed by atoms with E-state index >= 15 is 0 Å². The minimum absolute atomic E-state index is 0.0560. The maximum absolute atomic E-state index is 12.3. The smallest absolute Gasteiger partial charge is 0.280 e. The van der Waals surface area contributed by atoms with Crippen molar-refractivity contribution in [2.24, 2.45) is 11.7 Å². The topological polar surface area (TPSA) is 93.9 Å². The molecular weight excluding hydrogens is 270 g/mol. The van der Waals surface area contributed by atoms with E-state index in [1.165, 1.54) is 4.31 Å². The third-order valence-corrected chi connectivity index (χ3v) is 5.89. The lowest BCUT2D eigenvalue weighted by atomic mass is 9.69. The lowest BCUT2D eigenvalue weighted by Gasteiger charge is -2.52. The van der Waals surface area contributed by atoms with Gasteiger partial charge in [-0.15, -0.1) is 0 Å². The zero-order valence-corrected chi connectivity index (χ0v) is 11.6. The van der Waals surface area contributed by atoms with Crippen molar-refractivity contribution in [3.8, 4) is 0 Å². The lowest BCUT2D eigenvalue weighted by Crippen LogP contribution is -2.73. The molecule has 1 aliphatic carbocycles. The molecule has 8 heteroatoms. The Balaban J connectivity index is 1.64. The summed E-state index contributed by atoms with van der Waals surface area (Å²) >= 11 is 0. The molecule has 3 N–H and O–H groups in total. The van der Waals surface area contributed by atoms with Crippen molar-refractivity contribution in [2.75, 3.05) is 32.9 Å². The quantitative estimate of drug-likeness (QED) is 0.671. The highest BCUT2D eigenvalue weighted by Crippen LogP contribution is 2.37. The Morgan fingerprint density at radius 2 is 1.95 bits per heavy atom. The van der Waals surface area contributed by atoms with Crippen LogP contribution in [0.4, 0.5) is 0 Å². The van der Waals surface area contributed by atoms with Crippen molar-refractivity contribution in [3.63, 3.8) is 0 Å². The Hall–Kier alpha value is -0.250. The molecule has 0 radical (unpaired) electrons. The molecule has 4 atom stereocenters. The monoisotopic (exact) mass is 291 g/mol. The van der Waals surface area contributed by atoms with E-state index in [1.807, 2.05) is 0 Å². The van der Waals surface area contributed by atoms with Crippen LogP contribution in [-0.2, 0) is 19.7 Å². The Morgan fingerprint density at radius 3 is 2.68 bits per heavy atom. The average Bonchev–Trinajstić information content (AvgIpc) is 2.45. The first-order valence-corrected chi connectivity index (χ1v) is 8.26. The SMILES string of the molecule is NC1C2CCCOC2C1NS(=O)(=O)N1CCOCC1. The van der Waals surface area contributed by atoms with Crippen molar-refractivity contribution in [2.45, 2.75) is 31.0 Å². The van der Waals surface area contributed by atoms with Crippen LogP contribution in [0.15, 0.2) is 0 Å². The molecule has 3 aliphatic rings. The standard InChI is InChI=1S/C11H21N3O4S/c12-9-8-2-1-5-18-11(8)10(9)13-19(15,16)14-3-6-17-7-4-14/h8-11,13H,1-7,12H2. The van der Waals surface area contributed by atoms with Gasteiger partial charge in [0.1, 0.15) is 0 Å². The van der Waals surface area contributed by atoms with Gasteiger partial charge in [-0.25, -0.2) is 0 Å². The minimum atomic E-state index is -3.48. The zero-order chi connectivity index (χ0) is 13.5. The van der Waals surface area contributed by atoms with Crippen molar-refractivity contribution in [1.82, 2.24) is 9.03 Å². The number of fused-ring (bicyclic) bond motifs is 1. The van der Waals surface area contributed by atoms with Crippen LogP contribution in [0, 0.1) is 5.92 Å². The first-order valence-electron chi connectivity index (χ1n) is 6.82. The molecule has 19 heavy (non-hydrogen) atoms. The van der Waals surface area contributed by atoms with Gasteiger partial charge in [-0.2, -0.15) is 17.4 Å². The number of ether oxygens (including phenoxy) is 2. The molecule has 0 aromatic carbocycles. The summed E-state index contributed by atoms with van der Waals surface area (Å²) in [5, 5.41) is 0. The molecule has 0 spiro atoms. The lowest BCUT2D eigenvalue weighted by molar-refractivity contribution is -0.114. The summed E-state index contributed by atoms with van der Waals surface area (Å²) in [6, 6.07) is -0.431. The summed E-state index contributed by atoms with van der Waals surface area (Å²) in [7, 11) is -3.48. The van der Waals surface area contributed by atoms with Crippen LogP contribution in [0.2, 0.25) is 0 Å². The summed E-state index contributed by atoms with van der Waals surface area (Å²) < 4.78 is 39.4. The summed E-state index contributed by atoms with van der Waals surface area (Å²) in [6.45, 7) is 2.38. The molecule has 4 unspecified atom stereocenters. The van der Waals surface area contributed by atoms with E-state index in [-0.39, 0.29) is 18.2 Å². The van der Waals surface area contributed by atoms with Crippen LogP contribution in [0.5, 0.6) is 0 Å². The fraction of sp³-hybridized carbons (Fsp3) is 1.00. The predicted molar refractivity (Wildman–Crippen MR) is 68.7 cm³/mol. The van der Waals surface area contributed by atoms with Gasteiger partial charge >= 0.3 is 0 Å². The average molecular weight is 291 g/mol. The van der Waals surface area contributed by atoms with Crippen molar-refractivity contribution >= 4 is 10.2 Å².